The summed E-state index contributed by atoms with van der Waals surface area (Å²) in [5.41, 5.74) is 1.21. The van der Waals surface area contributed by atoms with Gasteiger partial charge in [-0.2, -0.15) is 0 Å². The Kier molecular flexibility index (Phi) is 7.33. The van der Waals surface area contributed by atoms with Crippen LogP contribution in [0.5, 0.6) is 5.75 Å². The number of ether oxygens (including phenoxy) is 1. The number of likely N-dealkylation sites (tertiary alicyclic amines) is 1. The molecule has 0 spiro atoms. The van der Waals surface area contributed by atoms with Gasteiger partial charge in [-0.3, -0.25) is 9.59 Å². The third-order valence-electron chi connectivity index (χ3n) is 5.70. The second kappa shape index (κ2) is 10.6. The van der Waals surface area contributed by atoms with Crippen molar-refractivity contribution in [3.05, 3.63) is 89.0 Å². The van der Waals surface area contributed by atoms with Crippen LogP contribution in [0, 0.1) is 0 Å². The molecule has 34 heavy (non-hydrogen) atoms. The van der Waals surface area contributed by atoms with Crippen molar-refractivity contribution in [1.29, 1.82) is 0 Å². The third kappa shape index (κ3) is 4.99. The number of imidazole rings is 1. The molecule has 1 aliphatic rings. The first-order valence-corrected chi connectivity index (χ1v) is 11.6. The zero-order valence-electron chi connectivity index (χ0n) is 18.9. The number of rotatable bonds is 9. The standard InChI is InChI=1S/C26H26ClN3O4/c1-2-16-34-21-10-6-18(7-11-21)23-22(24(31)19-4-8-20(27)9-5-19)25(32)26(33)30(23)14-3-13-29-15-12-28-17-29/h4-12,15,17,23,31H,2-3,13-14,16H2,1H3/b24-22+. The van der Waals surface area contributed by atoms with Gasteiger partial charge in [0.15, 0.2) is 0 Å². The molecule has 4 rings (SSSR count). The molecule has 2 heterocycles. The molecular weight excluding hydrogens is 454 g/mol. The summed E-state index contributed by atoms with van der Waals surface area (Å²) >= 11 is 5.98. The van der Waals surface area contributed by atoms with Crippen molar-refractivity contribution in [3.63, 3.8) is 0 Å². The number of Topliss-reactive ketones (excluding diaryl/α,β-unsaturated/α-hetero) is 1. The first-order valence-electron chi connectivity index (χ1n) is 11.2. The highest BCUT2D eigenvalue weighted by atomic mass is 35.5. The lowest BCUT2D eigenvalue weighted by molar-refractivity contribution is -0.139. The van der Waals surface area contributed by atoms with Gasteiger partial charge in [0.2, 0.25) is 0 Å². The summed E-state index contributed by atoms with van der Waals surface area (Å²) in [6.45, 7) is 3.63. The number of amides is 1. The first-order chi connectivity index (χ1) is 16.5. The lowest BCUT2D eigenvalue weighted by Gasteiger charge is -2.25. The molecule has 1 unspecified atom stereocenters. The number of carbonyl (C=O) groups excluding carboxylic acids is 2. The summed E-state index contributed by atoms with van der Waals surface area (Å²) in [5, 5.41) is 11.6. The highest BCUT2D eigenvalue weighted by Gasteiger charge is 2.45. The van der Waals surface area contributed by atoms with Crippen LogP contribution in [-0.2, 0) is 16.1 Å². The fourth-order valence-corrected chi connectivity index (χ4v) is 4.16. The van der Waals surface area contributed by atoms with E-state index in [-0.39, 0.29) is 11.3 Å². The molecule has 176 valence electrons. The van der Waals surface area contributed by atoms with Gasteiger partial charge >= 0.3 is 0 Å². The Labute approximate surface area is 203 Å². The average molecular weight is 480 g/mol. The van der Waals surface area contributed by atoms with Crippen molar-refractivity contribution >= 4 is 29.1 Å². The summed E-state index contributed by atoms with van der Waals surface area (Å²) < 4.78 is 7.59. The van der Waals surface area contributed by atoms with Crippen molar-refractivity contribution < 1.29 is 19.4 Å². The minimum Gasteiger partial charge on any atom is -0.507 e. The molecule has 8 heteroatoms. The average Bonchev–Trinajstić information content (AvgIpc) is 3.45. The van der Waals surface area contributed by atoms with Crippen molar-refractivity contribution in [2.24, 2.45) is 0 Å². The fraction of sp³-hybridized carbons (Fsp3) is 0.269. The van der Waals surface area contributed by atoms with Gasteiger partial charge in [-0.1, -0.05) is 30.7 Å². The Morgan fingerprint density at radius 2 is 1.82 bits per heavy atom. The molecule has 0 radical (unpaired) electrons. The van der Waals surface area contributed by atoms with E-state index < -0.39 is 17.7 Å². The van der Waals surface area contributed by atoms with Gasteiger partial charge in [0.05, 0.1) is 24.5 Å². The molecule has 1 fully saturated rings. The minimum absolute atomic E-state index is 0.0668. The van der Waals surface area contributed by atoms with Crippen molar-refractivity contribution in [2.45, 2.75) is 32.4 Å². The molecule has 1 aromatic heterocycles. The predicted molar refractivity (Wildman–Crippen MR) is 130 cm³/mol. The summed E-state index contributed by atoms with van der Waals surface area (Å²) in [6, 6.07) is 13.1. The second-order valence-electron chi connectivity index (χ2n) is 8.07. The number of ketones is 1. The molecule has 3 aromatic rings. The van der Waals surface area contributed by atoms with E-state index in [0.717, 1.165) is 12.0 Å². The van der Waals surface area contributed by atoms with Gasteiger partial charge in [0, 0.05) is 36.1 Å². The Morgan fingerprint density at radius 1 is 1.09 bits per heavy atom. The Balaban J connectivity index is 1.69. The molecule has 2 aromatic carbocycles. The van der Waals surface area contributed by atoms with Gasteiger partial charge in [-0.25, -0.2) is 4.98 Å². The Bertz CT molecular complexity index is 1170. The SMILES string of the molecule is CCCOc1ccc(C2/C(=C(\O)c3ccc(Cl)cc3)C(=O)C(=O)N2CCCn2ccnc2)cc1. The second-order valence-corrected chi connectivity index (χ2v) is 8.51. The molecular formula is C26H26ClN3O4. The van der Waals surface area contributed by atoms with E-state index in [1.54, 1.807) is 36.8 Å². The molecule has 0 saturated carbocycles. The topological polar surface area (TPSA) is 84.7 Å². The molecule has 7 nitrogen and oxygen atoms in total. The summed E-state index contributed by atoms with van der Waals surface area (Å²) in [7, 11) is 0. The maximum absolute atomic E-state index is 13.1. The van der Waals surface area contributed by atoms with E-state index in [1.807, 2.05) is 42.0 Å². The van der Waals surface area contributed by atoms with Crippen LogP contribution in [0.4, 0.5) is 0 Å². The summed E-state index contributed by atoms with van der Waals surface area (Å²) in [6.07, 6.45) is 6.77. The van der Waals surface area contributed by atoms with Gasteiger partial charge in [0.1, 0.15) is 11.5 Å². The van der Waals surface area contributed by atoms with Gasteiger partial charge < -0.3 is 19.3 Å². The number of aliphatic hydroxyl groups is 1. The van der Waals surface area contributed by atoms with Crippen molar-refractivity contribution in [2.75, 3.05) is 13.2 Å². The lowest BCUT2D eigenvalue weighted by atomic mass is 9.95. The van der Waals surface area contributed by atoms with E-state index in [1.165, 1.54) is 4.90 Å². The highest BCUT2D eigenvalue weighted by molar-refractivity contribution is 6.46. The van der Waals surface area contributed by atoms with Crippen molar-refractivity contribution in [1.82, 2.24) is 14.5 Å². The van der Waals surface area contributed by atoms with Crippen LogP contribution in [0.1, 0.15) is 36.9 Å². The number of nitrogens with zero attached hydrogens (tertiary/aromatic N) is 3. The van der Waals surface area contributed by atoms with Gasteiger partial charge in [-0.15, -0.1) is 0 Å². The smallest absolute Gasteiger partial charge is 0.295 e. The maximum Gasteiger partial charge on any atom is 0.295 e. The molecule has 0 aliphatic carbocycles. The number of aryl methyl sites for hydroxylation is 1. The van der Waals surface area contributed by atoms with E-state index in [9.17, 15) is 14.7 Å². The highest BCUT2D eigenvalue weighted by Crippen LogP contribution is 2.40. The van der Waals surface area contributed by atoms with Crippen LogP contribution in [0.15, 0.2) is 72.8 Å². The zero-order chi connectivity index (χ0) is 24.1. The summed E-state index contributed by atoms with van der Waals surface area (Å²) in [5.74, 6) is -0.840. The van der Waals surface area contributed by atoms with Crippen molar-refractivity contribution in [3.8, 4) is 5.75 Å². The van der Waals surface area contributed by atoms with E-state index >= 15 is 0 Å². The van der Waals surface area contributed by atoms with Crippen LogP contribution >= 0.6 is 11.6 Å². The molecule has 1 saturated heterocycles. The molecule has 1 N–H and O–H groups in total. The first kappa shape index (κ1) is 23.6. The minimum atomic E-state index is -0.710. The molecule has 1 amide bonds. The monoisotopic (exact) mass is 479 g/mol. The number of halogens is 1. The quantitative estimate of drug-likeness (QED) is 0.270. The zero-order valence-corrected chi connectivity index (χ0v) is 19.6. The van der Waals surface area contributed by atoms with Crippen LogP contribution in [-0.4, -0.2) is 44.4 Å². The van der Waals surface area contributed by atoms with E-state index in [0.29, 0.717) is 42.5 Å². The number of carbonyl (C=O) groups is 2. The number of aliphatic hydroxyl groups excluding tert-OH is 1. The normalized spacial score (nSPS) is 17.4. The van der Waals surface area contributed by atoms with Crippen LogP contribution < -0.4 is 4.74 Å². The third-order valence-corrected chi connectivity index (χ3v) is 5.95. The number of hydrogen-bond donors (Lipinski definition) is 1. The fourth-order valence-electron chi connectivity index (χ4n) is 4.03. The number of aromatic nitrogens is 2. The van der Waals surface area contributed by atoms with Crippen LogP contribution in [0.2, 0.25) is 5.02 Å². The van der Waals surface area contributed by atoms with Crippen LogP contribution in [0.25, 0.3) is 5.76 Å². The lowest BCUT2D eigenvalue weighted by Crippen LogP contribution is -2.31. The summed E-state index contributed by atoms with van der Waals surface area (Å²) in [4.78, 5) is 31.7. The Hall–Kier alpha value is -3.58. The van der Waals surface area contributed by atoms with E-state index in [2.05, 4.69) is 4.98 Å². The predicted octanol–water partition coefficient (Wildman–Crippen LogP) is 4.84. The van der Waals surface area contributed by atoms with Crippen LogP contribution in [0.3, 0.4) is 0 Å². The molecule has 1 aliphatic heterocycles. The van der Waals surface area contributed by atoms with Gasteiger partial charge in [0.25, 0.3) is 11.7 Å². The number of hydrogen-bond acceptors (Lipinski definition) is 5. The Morgan fingerprint density at radius 3 is 2.47 bits per heavy atom. The maximum atomic E-state index is 13.1. The number of benzene rings is 2. The molecule has 0 bridgehead atoms. The molecule has 1 atom stereocenters. The largest absolute Gasteiger partial charge is 0.507 e. The van der Waals surface area contributed by atoms with E-state index in [4.69, 9.17) is 16.3 Å². The van der Waals surface area contributed by atoms with Gasteiger partial charge in [-0.05, 0) is 54.8 Å².